The number of rotatable bonds is 8. The lowest BCUT2D eigenvalue weighted by atomic mass is 9.89. The molecule has 0 saturated heterocycles. The zero-order valence-corrected chi connectivity index (χ0v) is 16.3. The Labute approximate surface area is 159 Å². The van der Waals surface area contributed by atoms with Gasteiger partial charge in [-0.05, 0) is 18.3 Å². The van der Waals surface area contributed by atoms with Crippen LogP contribution in [0, 0.1) is 11.8 Å². The minimum absolute atomic E-state index is 0.108. The molecule has 1 rings (SSSR count). The van der Waals surface area contributed by atoms with E-state index < -0.39 is 48.1 Å². The second-order valence-corrected chi connectivity index (χ2v) is 7.82. The molecule has 154 valence electrons. The standard InChI is InChI=1S/C18H32N4O5/c1-8(2)5-12(16(20)25)22-17(26)10-6-11(15(24)13(23)7-10)21-18(27)14(19)9(3)4/h6,8-9,11-15,23-24H,5,7,19H2,1-4H3,(H2,20,25)(H,21,27)(H,22,26)/t11-,12-,13-,14-,15-/m1/s1. The van der Waals surface area contributed by atoms with Crippen molar-refractivity contribution in [2.45, 2.75) is 70.9 Å². The quantitative estimate of drug-likeness (QED) is 0.298. The smallest absolute Gasteiger partial charge is 0.247 e. The van der Waals surface area contributed by atoms with Crippen LogP contribution in [0.4, 0.5) is 0 Å². The second kappa shape index (κ2) is 9.82. The van der Waals surface area contributed by atoms with Crippen molar-refractivity contribution in [1.29, 1.82) is 0 Å². The summed E-state index contributed by atoms with van der Waals surface area (Å²) in [5.74, 6) is -1.69. The van der Waals surface area contributed by atoms with Gasteiger partial charge in [0.2, 0.25) is 17.7 Å². The number of carbonyl (C=O) groups is 3. The van der Waals surface area contributed by atoms with E-state index in [1.165, 1.54) is 6.08 Å². The van der Waals surface area contributed by atoms with Crippen molar-refractivity contribution in [3.8, 4) is 0 Å². The van der Waals surface area contributed by atoms with Crippen LogP contribution in [0.2, 0.25) is 0 Å². The molecule has 1 aliphatic carbocycles. The summed E-state index contributed by atoms with van der Waals surface area (Å²) in [6.45, 7) is 7.35. The molecule has 1 aliphatic rings. The zero-order chi connectivity index (χ0) is 20.9. The van der Waals surface area contributed by atoms with Crippen LogP contribution in [0.3, 0.4) is 0 Å². The van der Waals surface area contributed by atoms with Crippen LogP contribution < -0.4 is 22.1 Å². The summed E-state index contributed by atoms with van der Waals surface area (Å²) in [6, 6.07) is -2.60. The number of primary amides is 1. The molecule has 27 heavy (non-hydrogen) atoms. The fraction of sp³-hybridized carbons (Fsp3) is 0.722. The Bertz CT molecular complexity index is 590. The Hall–Kier alpha value is -1.97. The number of nitrogens with two attached hydrogens (primary N) is 2. The molecule has 0 aromatic heterocycles. The summed E-state index contributed by atoms with van der Waals surface area (Å²) >= 11 is 0. The highest BCUT2D eigenvalue weighted by Crippen LogP contribution is 2.20. The topological polar surface area (TPSA) is 168 Å². The second-order valence-electron chi connectivity index (χ2n) is 7.82. The minimum Gasteiger partial charge on any atom is -0.390 e. The Kier molecular flexibility index (Phi) is 8.39. The van der Waals surface area contributed by atoms with Gasteiger partial charge < -0.3 is 32.3 Å². The maximum absolute atomic E-state index is 12.5. The molecule has 5 atom stereocenters. The van der Waals surface area contributed by atoms with E-state index in [2.05, 4.69) is 10.6 Å². The Balaban J connectivity index is 2.93. The number of aliphatic hydroxyl groups excluding tert-OH is 2. The highest BCUT2D eigenvalue weighted by Gasteiger charge is 2.35. The summed E-state index contributed by atoms with van der Waals surface area (Å²) in [4.78, 5) is 36.2. The van der Waals surface area contributed by atoms with Gasteiger partial charge in [-0.25, -0.2) is 0 Å². The van der Waals surface area contributed by atoms with Gasteiger partial charge >= 0.3 is 0 Å². The first-order chi connectivity index (χ1) is 12.4. The monoisotopic (exact) mass is 384 g/mol. The van der Waals surface area contributed by atoms with E-state index in [0.29, 0.717) is 6.42 Å². The maximum Gasteiger partial charge on any atom is 0.247 e. The van der Waals surface area contributed by atoms with Gasteiger partial charge in [-0.15, -0.1) is 0 Å². The average Bonchev–Trinajstić information content (AvgIpc) is 2.56. The van der Waals surface area contributed by atoms with Crippen molar-refractivity contribution in [3.05, 3.63) is 11.6 Å². The number of hydrogen-bond donors (Lipinski definition) is 6. The summed E-state index contributed by atoms with van der Waals surface area (Å²) in [5, 5.41) is 25.3. The highest BCUT2D eigenvalue weighted by atomic mass is 16.3. The lowest BCUT2D eigenvalue weighted by Gasteiger charge is -2.32. The first kappa shape index (κ1) is 23.1. The fourth-order valence-electron chi connectivity index (χ4n) is 2.80. The van der Waals surface area contributed by atoms with Crippen molar-refractivity contribution in [1.82, 2.24) is 10.6 Å². The summed E-state index contributed by atoms with van der Waals surface area (Å²) in [5.41, 5.74) is 11.3. The van der Waals surface area contributed by atoms with Crippen LogP contribution in [-0.2, 0) is 14.4 Å². The van der Waals surface area contributed by atoms with Crippen molar-refractivity contribution in [2.75, 3.05) is 0 Å². The Morgan fingerprint density at radius 3 is 2.30 bits per heavy atom. The number of nitrogens with one attached hydrogen (secondary N) is 2. The normalized spacial score (nSPS) is 24.9. The van der Waals surface area contributed by atoms with Gasteiger partial charge in [0.25, 0.3) is 0 Å². The predicted octanol–water partition coefficient (Wildman–Crippen LogP) is -1.48. The SMILES string of the molecule is CC(C)C[C@@H](NC(=O)C1=C[C@@H](NC(=O)[C@H](N)C(C)C)[C@@H](O)[C@H](O)C1)C(N)=O. The van der Waals surface area contributed by atoms with E-state index in [1.54, 1.807) is 13.8 Å². The van der Waals surface area contributed by atoms with E-state index in [1.807, 2.05) is 13.8 Å². The van der Waals surface area contributed by atoms with E-state index in [-0.39, 0.29) is 23.8 Å². The minimum atomic E-state index is -1.27. The Morgan fingerprint density at radius 2 is 1.81 bits per heavy atom. The molecule has 0 heterocycles. The van der Waals surface area contributed by atoms with Crippen molar-refractivity contribution >= 4 is 17.7 Å². The van der Waals surface area contributed by atoms with Crippen molar-refractivity contribution in [2.24, 2.45) is 23.3 Å². The molecule has 0 bridgehead atoms. The highest BCUT2D eigenvalue weighted by molar-refractivity contribution is 5.97. The molecule has 3 amide bonds. The summed E-state index contributed by atoms with van der Waals surface area (Å²) < 4.78 is 0. The molecule has 8 N–H and O–H groups in total. The van der Waals surface area contributed by atoms with Crippen LogP contribution in [0.15, 0.2) is 11.6 Å². The molecule has 0 unspecified atom stereocenters. The third-order valence-corrected chi connectivity index (χ3v) is 4.55. The number of aliphatic hydroxyl groups is 2. The van der Waals surface area contributed by atoms with Gasteiger partial charge in [-0.2, -0.15) is 0 Å². The van der Waals surface area contributed by atoms with Crippen LogP contribution in [0.1, 0.15) is 40.5 Å². The molecule has 0 aromatic carbocycles. The molecule has 9 nitrogen and oxygen atoms in total. The van der Waals surface area contributed by atoms with Gasteiger partial charge in [0.15, 0.2) is 0 Å². The van der Waals surface area contributed by atoms with Gasteiger partial charge in [0, 0.05) is 12.0 Å². The van der Waals surface area contributed by atoms with E-state index in [4.69, 9.17) is 11.5 Å². The zero-order valence-electron chi connectivity index (χ0n) is 16.3. The maximum atomic E-state index is 12.5. The van der Waals surface area contributed by atoms with Gasteiger partial charge in [-0.1, -0.05) is 33.8 Å². The van der Waals surface area contributed by atoms with E-state index >= 15 is 0 Å². The molecule has 0 saturated carbocycles. The number of hydrogen-bond acceptors (Lipinski definition) is 6. The molecule has 0 radical (unpaired) electrons. The van der Waals surface area contributed by atoms with Gasteiger partial charge in [0.1, 0.15) is 12.1 Å². The summed E-state index contributed by atoms with van der Waals surface area (Å²) in [7, 11) is 0. The third-order valence-electron chi connectivity index (χ3n) is 4.55. The number of amides is 3. The fourth-order valence-corrected chi connectivity index (χ4v) is 2.80. The lowest BCUT2D eigenvalue weighted by Crippen LogP contribution is -2.55. The molecular weight excluding hydrogens is 352 g/mol. The van der Waals surface area contributed by atoms with Crippen molar-refractivity contribution in [3.63, 3.8) is 0 Å². The molecular formula is C18H32N4O5. The predicted molar refractivity (Wildman–Crippen MR) is 100 cm³/mol. The Morgan fingerprint density at radius 1 is 1.22 bits per heavy atom. The molecule has 0 spiro atoms. The first-order valence-corrected chi connectivity index (χ1v) is 9.17. The van der Waals surface area contributed by atoms with Crippen molar-refractivity contribution < 1.29 is 24.6 Å². The van der Waals surface area contributed by atoms with Crippen LogP contribution in [0.25, 0.3) is 0 Å². The van der Waals surface area contributed by atoms with E-state index in [9.17, 15) is 24.6 Å². The van der Waals surface area contributed by atoms with E-state index in [0.717, 1.165) is 0 Å². The number of carbonyl (C=O) groups excluding carboxylic acids is 3. The average molecular weight is 384 g/mol. The molecule has 9 heteroatoms. The van der Waals surface area contributed by atoms with Crippen LogP contribution in [-0.4, -0.2) is 58.3 Å². The molecule has 0 aliphatic heterocycles. The molecule has 0 aromatic rings. The largest absolute Gasteiger partial charge is 0.390 e. The molecule has 0 fully saturated rings. The summed E-state index contributed by atoms with van der Waals surface area (Å²) in [6.07, 6.45) is -0.863. The first-order valence-electron chi connectivity index (χ1n) is 9.17. The third kappa shape index (κ3) is 6.60. The van der Waals surface area contributed by atoms with Crippen LogP contribution >= 0.6 is 0 Å². The van der Waals surface area contributed by atoms with Gasteiger partial charge in [0.05, 0.1) is 18.2 Å². The van der Waals surface area contributed by atoms with Crippen LogP contribution in [0.5, 0.6) is 0 Å². The van der Waals surface area contributed by atoms with Gasteiger partial charge in [-0.3, -0.25) is 14.4 Å². The lowest BCUT2D eigenvalue weighted by molar-refractivity contribution is -0.126.